The van der Waals surface area contributed by atoms with Crippen LogP contribution in [0.4, 0.5) is 0 Å². The summed E-state index contributed by atoms with van der Waals surface area (Å²) in [5.74, 6) is 2.24. The predicted molar refractivity (Wildman–Crippen MR) is 104 cm³/mol. The lowest BCUT2D eigenvalue weighted by atomic mass is 9.55. The molecule has 0 aromatic heterocycles. The molecule has 0 aliphatic heterocycles. The third-order valence-electron chi connectivity index (χ3n) is 6.17. The highest BCUT2D eigenvalue weighted by Gasteiger charge is 2.46. The Labute approximate surface area is 165 Å². The molecule has 1 aromatic rings. The first-order chi connectivity index (χ1) is 12.8. The summed E-state index contributed by atoms with van der Waals surface area (Å²) in [5, 5.41) is 4.88. The number of carbonyl (C=O) groups excluding carboxylic acids is 1. The Morgan fingerprint density at radius 3 is 2.22 bits per heavy atom. The smallest absolute Gasteiger partial charge is 0.255 e. The number of hydrazone groups is 1. The molecule has 0 spiro atoms. The molecule has 0 atom stereocenters. The van der Waals surface area contributed by atoms with Gasteiger partial charge in [0.25, 0.3) is 5.91 Å². The van der Waals surface area contributed by atoms with Gasteiger partial charge in [-0.2, -0.15) is 9.41 Å². The van der Waals surface area contributed by atoms with Gasteiger partial charge in [-0.15, -0.1) is 0 Å². The van der Waals surface area contributed by atoms with E-state index in [1.165, 1.54) is 63.4 Å². The average molecular weight is 410 g/mol. The van der Waals surface area contributed by atoms with E-state index in [1.807, 2.05) is 0 Å². The van der Waals surface area contributed by atoms with Crippen LogP contribution in [0.15, 0.2) is 34.3 Å². The van der Waals surface area contributed by atoms with Crippen molar-refractivity contribution in [2.75, 3.05) is 13.6 Å². The number of nitrogens with one attached hydrogen (secondary N) is 1. The zero-order valence-electron chi connectivity index (χ0n) is 15.3. The molecule has 0 heterocycles. The molecule has 0 saturated heterocycles. The van der Waals surface area contributed by atoms with Crippen molar-refractivity contribution in [1.82, 2.24) is 9.73 Å². The van der Waals surface area contributed by atoms with Crippen LogP contribution in [-0.2, 0) is 14.8 Å². The SMILES string of the molecule is CN(CC(=O)NN=C1C2CC3CC(C2)CC1C3)S(=O)(=O)c1ccc(Cl)cc1. The molecule has 8 heteroatoms. The topological polar surface area (TPSA) is 78.8 Å². The summed E-state index contributed by atoms with van der Waals surface area (Å²) in [6, 6.07) is 5.89. The molecule has 0 radical (unpaired) electrons. The van der Waals surface area contributed by atoms with Crippen LogP contribution < -0.4 is 5.43 Å². The zero-order chi connectivity index (χ0) is 19.2. The first-order valence-corrected chi connectivity index (χ1v) is 11.2. The van der Waals surface area contributed by atoms with Crippen molar-refractivity contribution in [2.24, 2.45) is 28.8 Å². The Bertz CT molecular complexity index is 837. The molecule has 6 nitrogen and oxygen atoms in total. The number of sulfonamides is 1. The quantitative estimate of drug-likeness (QED) is 0.759. The van der Waals surface area contributed by atoms with E-state index < -0.39 is 15.9 Å². The van der Waals surface area contributed by atoms with Gasteiger partial charge in [0.15, 0.2) is 0 Å². The lowest BCUT2D eigenvalue weighted by Crippen LogP contribution is -2.46. The van der Waals surface area contributed by atoms with E-state index in [0.29, 0.717) is 16.9 Å². The molecule has 4 aliphatic carbocycles. The molecule has 4 aliphatic rings. The molecule has 1 N–H and O–H groups in total. The third kappa shape index (κ3) is 3.77. The van der Waals surface area contributed by atoms with Crippen LogP contribution in [0.1, 0.15) is 32.1 Å². The van der Waals surface area contributed by atoms with Crippen molar-refractivity contribution in [3.8, 4) is 0 Å². The number of halogens is 1. The third-order valence-corrected chi connectivity index (χ3v) is 8.24. The van der Waals surface area contributed by atoms with Crippen molar-refractivity contribution in [3.63, 3.8) is 0 Å². The number of hydrogen-bond donors (Lipinski definition) is 1. The lowest BCUT2D eigenvalue weighted by Gasteiger charge is -2.50. The van der Waals surface area contributed by atoms with Crippen LogP contribution >= 0.6 is 11.6 Å². The highest BCUT2D eigenvalue weighted by molar-refractivity contribution is 7.89. The first-order valence-electron chi connectivity index (χ1n) is 9.41. The highest BCUT2D eigenvalue weighted by atomic mass is 35.5. The number of amides is 1. The Hall–Kier alpha value is -1.44. The van der Waals surface area contributed by atoms with Gasteiger partial charge < -0.3 is 0 Å². The van der Waals surface area contributed by atoms with Crippen LogP contribution in [0.5, 0.6) is 0 Å². The second-order valence-corrected chi connectivity index (χ2v) is 10.6. The van der Waals surface area contributed by atoms with Gasteiger partial charge in [0.2, 0.25) is 10.0 Å². The van der Waals surface area contributed by atoms with Gasteiger partial charge in [-0.05, 0) is 80.0 Å². The van der Waals surface area contributed by atoms with E-state index in [4.69, 9.17) is 11.6 Å². The minimum atomic E-state index is -3.75. The number of likely N-dealkylation sites (N-methyl/N-ethyl adjacent to an activating group) is 1. The monoisotopic (exact) mass is 409 g/mol. The maximum Gasteiger partial charge on any atom is 0.255 e. The molecule has 4 fully saturated rings. The largest absolute Gasteiger partial charge is 0.272 e. The van der Waals surface area contributed by atoms with Gasteiger partial charge in [0.05, 0.1) is 11.4 Å². The normalized spacial score (nSPS) is 29.2. The van der Waals surface area contributed by atoms with Gasteiger partial charge in [-0.3, -0.25) is 4.79 Å². The van der Waals surface area contributed by atoms with Crippen molar-refractivity contribution in [1.29, 1.82) is 0 Å². The van der Waals surface area contributed by atoms with Crippen molar-refractivity contribution in [3.05, 3.63) is 29.3 Å². The average Bonchev–Trinajstić information content (AvgIpc) is 2.60. The van der Waals surface area contributed by atoms with Gasteiger partial charge >= 0.3 is 0 Å². The highest BCUT2D eigenvalue weighted by Crippen LogP contribution is 2.52. The summed E-state index contributed by atoms with van der Waals surface area (Å²) < 4.78 is 26.1. The van der Waals surface area contributed by atoms with Crippen molar-refractivity contribution in [2.45, 2.75) is 37.0 Å². The summed E-state index contributed by atoms with van der Waals surface area (Å²) in [4.78, 5) is 12.4. The van der Waals surface area contributed by atoms with Crippen LogP contribution in [0.3, 0.4) is 0 Å². The van der Waals surface area contributed by atoms with E-state index in [-0.39, 0.29) is 11.4 Å². The molecular formula is C19H24ClN3O3S. The molecule has 4 bridgehead atoms. The second kappa shape index (κ2) is 7.18. The summed E-state index contributed by atoms with van der Waals surface area (Å²) in [7, 11) is -2.36. The molecule has 4 saturated carbocycles. The minimum absolute atomic E-state index is 0.106. The van der Waals surface area contributed by atoms with Crippen LogP contribution in [0.25, 0.3) is 0 Å². The number of rotatable bonds is 5. The fourth-order valence-electron chi connectivity index (χ4n) is 5.09. The van der Waals surface area contributed by atoms with Gasteiger partial charge in [-0.1, -0.05) is 11.6 Å². The van der Waals surface area contributed by atoms with Crippen LogP contribution in [-0.4, -0.2) is 37.9 Å². The van der Waals surface area contributed by atoms with E-state index in [2.05, 4.69) is 10.5 Å². The maximum atomic E-state index is 12.6. The molecular weight excluding hydrogens is 386 g/mol. The Morgan fingerprint density at radius 1 is 1.11 bits per heavy atom. The Kier molecular flexibility index (Phi) is 5.03. The fourth-order valence-corrected chi connectivity index (χ4v) is 6.34. The lowest BCUT2D eigenvalue weighted by molar-refractivity contribution is -0.121. The molecule has 5 rings (SSSR count). The van der Waals surface area contributed by atoms with E-state index in [0.717, 1.165) is 21.9 Å². The number of hydrogen-bond acceptors (Lipinski definition) is 4. The summed E-state index contributed by atoms with van der Waals surface area (Å²) in [6.45, 7) is -0.275. The summed E-state index contributed by atoms with van der Waals surface area (Å²) in [5.41, 5.74) is 3.72. The Balaban J connectivity index is 1.38. The first kappa shape index (κ1) is 18.9. The van der Waals surface area contributed by atoms with E-state index in [1.54, 1.807) is 0 Å². The van der Waals surface area contributed by atoms with Gasteiger partial charge in [-0.25, -0.2) is 13.8 Å². The molecule has 146 valence electrons. The van der Waals surface area contributed by atoms with Gasteiger partial charge in [0.1, 0.15) is 0 Å². The Morgan fingerprint density at radius 2 is 1.67 bits per heavy atom. The predicted octanol–water partition coefficient (Wildman–Crippen LogP) is 2.89. The van der Waals surface area contributed by atoms with Crippen LogP contribution in [0.2, 0.25) is 5.02 Å². The molecule has 0 unspecified atom stereocenters. The summed E-state index contributed by atoms with van der Waals surface area (Å²) >= 11 is 5.81. The van der Waals surface area contributed by atoms with Gasteiger partial charge in [0, 0.05) is 17.8 Å². The van der Waals surface area contributed by atoms with E-state index >= 15 is 0 Å². The molecule has 27 heavy (non-hydrogen) atoms. The molecule has 1 aromatic carbocycles. The minimum Gasteiger partial charge on any atom is -0.272 e. The number of benzene rings is 1. The fraction of sp³-hybridized carbons (Fsp3) is 0.579. The second-order valence-electron chi connectivity index (χ2n) is 8.09. The standard InChI is InChI=1S/C19H24ClN3O3S/c1-23(27(25,26)17-4-2-16(20)3-5-17)11-18(24)21-22-19-14-7-12-6-13(9-14)10-15(19)8-12/h2-5,12-15H,6-11H2,1H3,(H,21,24). The zero-order valence-corrected chi connectivity index (χ0v) is 16.8. The van der Waals surface area contributed by atoms with Crippen molar-refractivity contribution < 1.29 is 13.2 Å². The molecule has 1 amide bonds. The van der Waals surface area contributed by atoms with E-state index in [9.17, 15) is 13.2 Å². The summed E-state index contributed by atoms with van der Waals surface area (Å²) in [6.07, 6.45) is 6.11. The maximum absolute atomic E-state index is 12.6. The number of carbonyl (C=O) groups is 1. The number of nitrogens with zero attached hydrogens (tertiary/aromatic N) is 2. The van der Waals surface area contributed by atoms with Crippen LogP contribution in [0, 0.1) is 23.7 Å². The van der Waals surface area contributed by atoms with Crippen molar-refractivity contribution >= 4 is 33.2 Å².